The van der Waals surface area contributed by atoms with E-state index in [1.54, 1.807) is 35.7 Å². The first-order valence-electron chi connectivity index (χ1n) is 9.35. The number of thioether (sulfide) groups is 1. The predicted molar refractivity (Wildman–Crippen MR) is 121 cm³/mol. The number of aromatic carboxylic acids is 1. The van der Waals surface area contributed by atoms with E-state index in [0.29, 0.717) is 27.3 Å². The molecule has 0 saturated heterocycles. The number of nitrogens with one attached hydrogen (secondary N) is 1. The molecule has 0 atom stereocenters. The SMILES string of the molecule is COc1ccc(C2=CSC(=c3ccc(=C4C=CC=CC4=[N+]([O-])[O-])c(C(=O)O)c3)N2)c(F)c1. The Labute approximate surface area is 186 Å². The molecule has 0 saturated carbocycles. The van der Waals surface area contributed by atoms with Crippen LogP contribution in [-0.2, 0) is 0 Å². The summed E-state index contributed by atoms with van der Waals surface area (Å²) in [6.07, 6.45) is 5.99. The third kappa shape index (κ3) is 3.97. The zero-order valence-electron chi connectivity index (χ0n) is 16.7. The molecule has 162 valence electrons. The Morgan fingerprint density at radius 1 is 1.16 bits per heavy atom. The second-order valence-electron chi connectivity index (χ2n) is 6.79. The van der Waals surface area contributed by atoms with E-state index in [4.69, 9.17) is 4.74 Å². The summed E-state index contributed by atoms with van der Waals surface area (Å²) in [4.78, 5) is 11.4. The molecule has 2 aromatic carbocycles. The van der Waals surface area contributed by atoms with E-state index in [2.05, 4.69) is 5.32 Å². The zero-order valence-corrected chi connectivity index (χ0v) is 17.5. The van der Waals surface area contributed by atoms with Crippen LogP contribution in [0.5, 0.6) is 5.75 Å². The van der Waals surface area contributed by atoms with Crippen LogP contribution in [0.2, 0.25) is 0 Å². The van der Waals surface area contributed by atoms with Crippen LogP contribution in [-0.4, -0.2) is 28.8 Å². The molecule has 1 aliphatic carbocycles. The highest BCUT2D eigenvalue weighted by Crippen LogP contribution is 2.32. The minimum Gasteiger partial charge on any atom is -0.612 e. The van der Waals surface area contributed by atoms with E-state index in [0.717, 1.165) is 0 Å². The van der Waals surface area contributed by atoms with Crippen LogP contribution < -0.4 is 20.5 Å². The molecule has 0 radical (unpaired) electrons. The standard InChI is InChI=1S/C23H16FN2O5S/c1-31-14-7-9-17(19(24)11-14)20-12-32-22(25-20)13-6-8-15(18(10-13)23(27)28)16-4-2-3-5-21(16)26(29)30/h2-12,25H,1H3,(H-,27,28,29,30)/q-1. The van der Waals surface area contributed by atoms with Crippen LogP contribution >= 0.6 is 11.8 Å². The number of ether oxygens (including phenoxy) is 1. The van der Waals surface area contributed by atoms with Gasteiger partial charge >= 0.3 is 5.97 Å². The first kappa shape index (κ1) is 21.3. The topological polar surface area (TPSA) is 108 Å². The Morgan fingerprint density at radius 2 is 1.94 bits per heavy atom. The lowest BCUT2D eigenvalue weighted by molar-refractivity contribution is -0.376. The molecule has 2 aliphatic rings. The highest BCUT2D eigenvalue weighted by Gasteiger charge is 2.19. The number of nitrogens with zero attached hydrogens (tertiary/aromatic N) is 1. The number of carboxylic acids is 1. The van der Waals surface area contributed by atoms with E-state index < -0.39 is 16.7 Å². The fourth-order valence-electron chi connectivity index (χ4n) is 3.37. The molecular formula is C23H16FN2O5S-. The van der Waals surface area contributed by atoms with Crippen molar-refractivity contribution >= 4 is 39.7 Å². The summed E-state index contributed by atoms with van der Waals surface area (Å²) < 4.78 is 19.4. The molecule has 0 unspecified atom stereocenters. The summed E-state index contributed by atoms with van der Waals surface area (Å²) in [5, 5.41) is 38.8. The number of rotatable bonds is 3. The van der Waals surface area contributed by atoms with Gasteiger partial charge in [-0.05, 0) is 24.3 Å². The maximum atomic E-state index is 14.4. The van der Waals surface area contributed by atoms with Gasteiger partial charge in [0.2, 0.25) is 5.71 Å². The highest BCUT2D eigenvalue weighted by atomic mass is 32.2. The van der Waals surface area contributed by atoms with Crippen LogP contribution in [0.1, 0.15) is 15.9 Å². The van der Waals surface area contributed by atoms with Gasteiger partial charge in [0, 0.05) is 33.6 Å². The molecular weight excluding hydrogens is 435 g/mol. The first-order chi connectivity index (χ1) is 15.4. The van der Waals surface area contributed by atoms with Crippen LogP contribution in [0.15, 0.2) is 66.1 Å². The Bertz CT molecular complexity index is 1370. The lowest BCUT2D eigenvalue weighted by atomic mass is 9.99. The number of halogens is 1. The Balaban J connectivity index is 1.79. The monoisotopic (exact) mass is 451 g/mol. The minimum absolute atomic E-state index is 0.0734. The number of carbonyl (C=O) groups is 1. The van der Waals surface area contributed by atoms with Gasteiger partial charge in [-0.15, -0.1) is 0 Å². The van der Waals surface area contributed by atoms with Gasteiger partial charge in [-0.3, -0.25) is 0 Å². The largest absolute Gasteiger partial charge is 0.612 e. The van der Waals surface area contributed by atoms with Gasteiger partial charge in [-0.1, -0.05) is 36.0 Å². The molecule has 0 amide bonds. The summed E-state index contributed by atoms with van der Waals surface area (Å²) in [6.45, 7) is 0. The molecule has 9 heteroatoms. The fourth-order valence-corrected chi connectivity index (χ4v) is 4.22. The molecule has 0 aromatic heterocycles. The van der Waals surface area contributed by atoms with E-state index in [9.17, 15) is 24.7 Å². The third-order valence-corrected chi connectivity index (χ3v) is 5.84. The van der Waals surface area contributed by atoms with Crippen LogP contribution in [0.3, 0.4) is 0 Å². The summed E-state index contributed by atoms with van der Waals surface area (Å²) in [5.41, 5.74) is 0.851. The number of methoxy groups -OCH3 is 1. The molecule has 2 aromatic rings. The van der Waals surface area contributed by atoms with E-state index in [1.165, 1.54) is 49.2 Å². The first-order valence-corrected chi connectivity index (χ1v) is 10.2. The molecule has 1 aliphatic heterocycles. The van der Waals surface area contributed by atoms with Crippen molar-refractivity contribution in [2.45, 2.75) is 0 Å². The molecule has 32 heavy (non-hydrogen) atoms. The number of hydrogen-bond acceptors (Lipinski definition) is 6. The van der Waals surface area contributed by atoms with Crippen LogP contribution in [0, 0.1) is 16.2 Å². The smallest absolute Gasteiger partial charge is 0.336 e. The number of benzene rings is 2. The normalized spacial score (nSPS) is 18.3. The van der Waals surface area contributed by atoms with Crippen molar-refractivity contribution in [3.05, 3.63) is 104 Å². The summed E-state index contributed by atoms with van der Waals surface area (Å²) in [6, 6.07) is 9.19. The van der Waals surface area contributed by atoms with Crippen molar-refractivity contribution < 1.29 is 23.9 Å². The summed E-state index contributed by atoms with van der Waals surface area (Å²) >= 11 is 1.29. The van der Waals surface area contributed by atoms with Crippen molar-refractivity contribution in [1.82, 2.24) is 5.32 Å². The van der Waals surface area contributed by atoms with Crippen molar-refractivity contribution in [2.24, 2.45) is 0 Å². The minimum atomic E-state index is -1.21. The van der Waals surface area contributed by atoms with E-state index in [1.807, 2.05) is 0 Å². The molecule has 1 heterocycles. The molecule has 4 rings (SSSR count). The van der Waals surface area contributed by atoms with Crippen LogP contribution in [0.4, 0.5) is 4.39 Å². The number of carboxylic acid groups (broad SMARTS) is 1. The Morgan fingerprint density at radius 3 is 2.62 bits per heavy atom. The van der Waals surface area contributed by atoms with Crippen molar-refractivity contribution in [3.8, 4) is 5.75 Å². The predicted octanol–water partition coefficient (Wildman–Crippen LogP) is 2.66. The van der Waals surface area contributed by atoms with Gasteiger partial charge < -0.3 is 25.6 Å². The van der Waals surface area contributed by atoms with E-state index >= 15 is 0 Å². The Kier molecular flexibility index (Phi) is 5.74. The van der Waals surface area contributed by atoms with Gasteiger partial charge in [0.05, 0.1) is 29.0 Å². The average Bonchev–Trinajstić information content (AvgIpc) is 3.28. The molecule has 2 N–H and O–H groups in total. The van der Waals surface area contributed by atoms with Gasteiger partial charge in [-0.2, -0.15) is 4.90 Å². The third-order valence-electron chi connectivity index (χ3n) is 4.91. The van der Waals surface area contributed by atoms with Crippen molar-refractivity contribution in [3.63, 3.8) is 0 Å². The maximum absolute atomic E-state index is 14.4. The van der Waals surface area contributed by atoms with Gasteiger partial charge in [0.25, 0.3) is 0 Å². The summed E-state index contributed by atoms with van der Waals surface area (Å²) in [7, 11) is 1.46. The Hall–Kier alpha value is -3.98. The molecule has 0 bridgehead atoms. The van der Waals surface area contributed by atoms with Crippen molar-refractivity contribution in [2.75, 3.05) is 7.11 Å². The van der Waals surface area contributed by atoms with Crippen molar-refractivity contribution in [1.29, 1.82) is 0 Å². The second-order valence-corrected chi connectivity index (χ2v) is 7.67. The second kappa shape index (κ2) is 8.64. The molecule has 7 nitrogen and oxygen atoms in total. The fraction of sp³-hybridized carbons (Fsp3) is 0.0435. The highest BCUT2D eigenvalue weighted by molar-refractivity contribution is 8.11. The lowest BCUT2D eigenvalue weighted by Gasteiger charge is -2.12. The maximum Gasteiger partial charge on any atom is 0.336 e. The van der Waals surface area contributed by atoms with Gasteiger partial charge in [0.1, 0.15) is 11.6 Å². The quantitative estimate of drug-likeness (QED) is 0.546. The zero-order chi connectivity index (χ0) is 22.8. The molecule has 0 spiro atoms. The average molecular weight is 451 g/mol. The van der Waals surface area contributed by atoms with Gasteiger partial charge in [0.15, 0.2) is 0 Å². The van der Waals surface area contributed by atoms with Gasteiger partial charge in [-0.25, -0.2) is 9.18 Å². The number of hydrogen-bond donors (Lipinski definition) is 2. The van der Waals surface area contributed by atoms with Crippen LogP contribution in [0.25, 0.3) is 16.3 Å². The summed E-state index contributed by atoms with van der Waals surface area (Å²) in [5.74, 6) is -1.26. The molecule has 0 fully saturated rings. The van der Waals surface area contributed by atoms with E-state index in [-0.39, 0.29) is 22.1 Å². The number of allylic oxidation sites excluding steroid dienone is 4. The lowest BCUT2D eigenvalue weighted by Crippen LogP contribution is -2.27.